The van der Waals surface area contributed by atoms with Gasteiger partial charge in [-0.25, -0.2) is 0 Å². The Morgan fingerprint density at radius 1 is 1.29 bits per heavy atom. The minimum absolute atomic E-state index is 0.744. The Morgan fingerprint density at radius 3 is 2.57 bits per heavy atom. The quantitative estimate of drug-likeness (QED) is 0.479. The monoisotopic (exact) mass is 199 g/mol. The van der Waals surface area contributed by atoms with Gasteiger partial charge in [-0.05, 0) is 26.2 Å². The van der Waals surface area contributed by atoms with E-state index in [-0.39, 0.29) is 0 Å². The van der Waals surface area contributed by atoms with Crippen molar-refractivity contribution in [3.63, 3.8) is 0 Å². The van der Waals surface area contributed by atoms with E-state index in [4.69, 9.17) is 4.74 Å². The molecule has 2 nitrogen and oxygen atoms in total. The summed E-state index contributed by atoms with van der Waals surface area (Å²) >= 11 is 0. The minimum Gasteiger partial charge on any atom is -0.380 e. The molecule has 0 bridgehead atoms. The zero-order chi connectivity index (χ0) is 10.8. The van der Waals surface area contributed by atoms with Gasteiger partial charge in [0, 0.05) is 19.7 Å². The molecule has 0 saturated carbocycles. The molecule has 0 aromatic carbocycles. The Morgan fingerprint density at radius 2 is 2.00 bits per heavy atom. The molecular formula is C12H25NO. The van der Waals surface area contributed by atoms with Gasteiger partial charge in [-0.1, -0.05) is 25.5 Å². The van der Waals surface area contributed by atoms with Crippen molar-refractivity contribution in [2.45, 2.75) is 34.1 Å². The van der Waals surface area contributed by atoms with Gasteiger partial charge in [0.25, 0.3) is 0 Å². The molecule has 0 aliphatic heterocycles. The second kappa shape index (κ2) is 9.22. The van der Waals surface area contributed by atoms with Crippen LogP contribution in [0.2, 0.25) is 0 Å². The third kappa shape index (κ3) is 11.7. The van der Waals surface area contributed by atoms with E-state index >= 15 is 0 Å². The fourth-order valence-corrected chi connectivity index (χ4v) is 0.944. The van der Waals surface area contributed by atoms with Crippen molar-refractivity contribution in [2.75, 3.05) is 26.3 Å². The summed E-state index contributed by atoms with van der Waals surface area (Å²) in [5.41, 5.74) is 1.36. The van der Waals surface area contributed by atoms with Crippen molar-refractivity contribution >= 4 is 0 Å². The summed E-state index contributed by atoms with van der Waals surface area (Å²) in [4.78, 5) is 0. The molecule has 0 aromatic heterocycles. The maximum atomic E-state index is 5.47. The molecule has 0 aliphatic carbocycles. The highest BCUT2D eigenvalue weighted by Gasteiger charge is 1.93. The number of rotatable bonds is 8. The van der Waals surface area contributed by atoms with E-state index in [0.29, 0.717) is 0 Å². The number of allylic oxidation sites excluding steroid dienone is 1. The van der Waals surface area contributed by atoms with Gasteiger partial charge in [0.2, 0.25) is 0 Å². The first-order valence-electron chi connectivity index (χ1n) is 5.54. The molecule has 0 radical (unpaired) electrons. The average Bonchev–Trinajstić information content (AvgIpc) is 2.08. The Labute approximate surface area is 88.7 Å². The van der Waals surface area contributed by atoms with Crippen LogP contribution in [-0.4, -0.2) is 26.3 Å². The van der Waals surface area contributed by atoms with Crippen molar-refractivity contribution in [1.82, 2.24) is 5.32 Å². The summed E-state index contributed by atoms with van der Waals surface area (Å²) in [7, 11) is 0. The molecule has 1 N–H and O–H groups in total. The van der Waals surface area contributed by atoms with Crippen LogP contribution in [0.25, 0.3) is 0 Å². The lowest BCUT2D eigenvalue weighted by Gasteiger charge is -2.06. The summed E-state index contributed by atoms with van der Waals surface area (Å²) in [5.74, 6) is 0.744. The van der Waals surface area contributed by atoms with Crippen LogP contribution in [0, 0.1) is 5.92 Å². The zero-order valence-electron chi connectivity index (χ0n) is 10.1. The van der Waals surface area contributed by atoms with E-state index < -0.39 is 0 Å². The van der Waals surface area contributed by atoms with Crippen molar-refractivity contribution < 1.29 is 4.74 Å². The van der Waals surface area contributed by atoms with Crippen LogP contribution >= 0.6 is 0 Å². The highest BCUT2D eigenvalue weighted by Crippen LogP contribution is 1.98. The summed E-state index contributed by atoms with van der Waals surface area (Å²) in [6, 6.07) is 0. The van der Waals surface area contributed by atoms with Crippen LogP contribution in [0.4, 0.5) is 0 Å². The largest absolute Gasteiger partial charge is 0.380 e. The van der Waals surface area contributed by atoms with E-state index in [2.05, 4.69) is 39.1 Å². The maximum Gasteiger partial charge on any atom is 0.0591 e. The number of hydrogen-bond donors (Lipinski definition) is 1. The molecule has 0 atom stereocenters. The Bertz CT molecular complexity index is 148. The van der Waals surface area contributed by atoms with Gasteiger partial charge in [0.1, 0.15) is 0 Å². The van der Waals surface area contributed by atoms with Crippen LogP contribution in [0.3, 0.4) is 0 Å². The van der Waals surface area contributed by atoms with Gasteiger partial charge < -0.3 is 10.1 Å². The molecule has 14 heavy (non-hydrogen) atoms. The molecule has 0 spiro atoms. The summed E-state index contributed by atoms with van der Waals surface area (Å²) in [6.45, 7) is 12.3. The lowest BCUT2D eigenvalue weighted by atomic mass is 10.1. The Balaban J connectivity index is 3.03. The molecule has 0 saturated heterocycles. The summed E-state index contributed by atoms with van der Waals surface area (Å²) < 4.78 is 5.47. The van der Waals surface area contributed by atoms with E-state index in [0.717, 1.165) is 38.6 Å². The van der Waals surface area contributed by atoms with Gasteiger partial charge in [-0.3, -0.25) is 0 Å². The molecule has 0 aliphatic rings. The first-order valence-corrected chi connectivity index (χ1v) is 5.54. The molecule has 0 heterocycles. The van der Waals surface area contributed by atoms with Gasteiger partial charge >= 0.3 is 0 Å². The normalized spacial score (nSPS) is 10.6. The lowest BCUT2D eigenvalue weighted by Crippen LogP contribution is -2.20. The fourth-order valence-electron chi connectivity index (χ4n) is 0.944. The Kier molecular flexibility index (Phi) is 9.00. The molecule has 2 heteroatoms. The molecule has 0 rings (SSSR count). The van der Waals surface area contributed by atoms with Crippen molar-refractivity contribution in [3.05, 3.63) is 11.6 Å². The smallest absolute Gasteiger partial charge is 0.0591 e. The zero-order valence-corrected chi connectivity index (χ0v) is 10.1. The number of hydrogen-bond acceptors (Lipinski definition) is 2. The van der Waals surface area contributed by atoms with E-state index in [9.17, 15) is 0 Å². The predicted molar refractivity (Wildman–Crippen MR) is 62.6 cm³/mol. The Hall–Kier alpha value is -0.340. The van der Waals surface area contributed by atoms with Crippen molar-refractivity contribution in [3.8, 4) is 0 Å². The van der Waals surface area contributed by atoms with E-state index in [1.807, 2.05) is 0 Å². The predicted octanol–water partition coefficient (Wildman–Crippen LogP) is 2.60. The van der Waals surface area contributed by atoms with Crippen LogP contribution in [0.15, 0.2) is 11.6 Å². The highest BCUT2D eigenvalue weighted by molar-refractivity contribution is 4.94. The highest BCUT2D eigenvalue weighted by atomic mass is 16.5. The third-order valence-corrected chi connectivity index (χ3v) is 1.92. The van der Waals surface area contributed by atoms with Crippen LogP contribution < -0.4 is 5.32 Å². The van der Waals surface area contributed by atoms with E-state index in [1.54, 1.807) is 0 Å². The standard InChI is InChI=1S/C12H25NO/c1-11(2)5-7-13-8-10-14-9-6-12(3)4/h5,12-13H,6-10H2,1-4H3. The van der Waals surface area contributed by atoms with Crippen LogP contribution in [-0.2, 0) is 4.74 Å². The first-order chi connectivity index (χ1) is 6.63. The van der Waals surface area contributed by atoms with E-state index in [1.165, 1.54) is 5.57 Å². The molecule has 0 unspecified atom stereocenters. The molecular weight excluding hydrogens is 174 g/mol. The number of nitrogens with one attached hydrogen (secondary N) is 1. The molecule has 0 amide bonds. The average molecular weight is 199 g/mol. The minimum atomic E-state index is 0.744. The molecule has 0 fully saturated rings. The third-order valence-electron chi connectivity index (χ3n) is 1.92. The van der Waals surface area contributed by atoms with Crippen LogP contribution in [0.1, 0.15) is 34.1 Å². The van der Waals surface area contributed by atoms with Crippen molar-refractivity contribution in [1.29, 1.82) is 0 Å². The van der Waals surface area contributed by atoms with Gasteiger partial charge in [0.15, 0.2) is 0 Å². The second-order valence-electron chi connectivity index (χ2n) is 4.28. The van der Waals surface area contributed by atoms with Crippen molar-refractivity contribution in [2.24, 2.45) is 5.92 Å². The second-order valence-corrected chi connectivity index (χ2v) is 4.28. The molecule has 0 aromatic rings. The lowest BCUT2D eigenvalue weighted by molar-refractivity contribution is 0.126. The maximum absolute atomic E-state index is 5.47. The van der Waals surface area contributed by atoms with Gasteiger partial charge in [-0.2, -0.15) is 0 Å². The summed E-state index contributed by atoms with van der Waals surface area (Å²) in [5, 5.41) is 3.30. The fraction of sp³-hybridized carbons (Fsp3) is 0.833. The topological polar surface area (TPSA) is 21.3 Å². The number of ether oxygens (including phenoxy) is 1. The van der Waals surface area contributed by atoms with Crippen LogP contribution in [0.5, 0.6) is 0 Å². The first kappa shape index (κ1) is 13.7. The van der Waals surface area contributed by atoms with Gasteiger partial charge in [0.05, 0.1) is 6.61 Å². The molecule has 84 valence electrons. The SMILES string of the molecule is CC(C)=CCNCCOCCC(C)C. The van der Waals surface area contributed by atoms with Gasteiger partial charge in [-0.15, -0.1) is 0 Å². The summed E-state index contributed by atoms with van der Waals surface area (Å²) in [6.07, 6.45) is 3.35.